The van der Waals surface area contributed by atoms with Gasteiger partial charge in [0.05, 0.1) is 4.47 Å². The van der Waals surface area contributed by atoms with Gasteiger partial charge in [0, 0.05) is 5.56 Å². The van der Waals surface area contributed by atoms with Gasteiger partial charge >= 0.3 is 5.97 Å². The highest BCUT2D eigenvalue weighted by atomic mass is 79.9. The molecule has 1 N–H and O–H groups in total. The predicted molar refractivity (Wildman–Crippen MR) is 85.6 cm³/mol. The average molecular weight is 349 g/mol. The summed E-state index contributed by atoms with van der Waals surface area (Å²) in [4.78, 5) is 11.4. The minimum atomic E-state index is -1.01. The molecule has 0 aromatic heterocycles. The molecule has 2 aromatic rings. The molecule has 1 atom stereocenters. The number of benzene rings is 2. The van der Waals surface area contributed by atoms with Gasteiger partial charge in [-0.3, -0.25) is 0 Å². The van der Waals surface area contributed by atoms with Crippen LogP contribution in [0.2, 0.25) is 0 Å². The predicted octanol–water partition coefficient (Wildman–Crippen LogP) is 4.61. The minimum Gasteiger partial charge on any atom is -0.478 e. The topological polar surface area (TPSA) is 46.5 Å². The Morgan fingerprint density at radius 1 is 1.24 bits per heavy atom. The van der Waals surface area contributed by atoms with Crippen LogP contribution in [0.15, 0.2) is 53.0 Å². The summed E-state index contributed by atoms with van der Waals surface area (Å²) in [5.41, 5.74) is 1.82. The van der Waals surface area contributed by atoms with Crippen LogP contribution in [0.3, 0.4) is 0 Å². The van der Waals surface area contributed by atoms with Gasteiger partial charge in [-0.15, -0.1) is 0 Å². The fourth-order valence-corrected chi connectivity index (χ4v) is 2.62. The Hall–Kier alpha value is -1.81. The molecule has 0 fully saturated rings. The van der Waals surface area contributed by atoms with E-state index in [2.05, 4.69) is 22.9 Å². The Balaban J connectivity index is 2.24. The van der Waals surface area contributed by atoms with Crippen molar-refractivity contribution in [2.75, 3.05) is 0 Å². The molecule has 0 aliphatic heterocycles. The third-order valence-corrected chi connectivity index (χ3v) is 3.73. The summed E-state index contributed by atoms with van der Waals surface area (Å²) in [6.45, 7) is 2.12. The van der Waals surface area contributed by atoms with Crippen molar-refractivity contribution in [1.29, 1.82) is 0 Å². The van der Waals surface area contributed by atoms with Crippen LogP contribution in [-0.2, 0) is 11.2 Å². The molecule has 1 unspecified atom stereocenters. The zero-order valence-electron chi connectivity index (χ0n) is 11.8. The second-order valence-corrected chi connectivity index (χ2v) is 5.62. The molecule has 0 heterocycles. The molecular weight excluding hydrogens is 332 g/mol. The molecule has 2 rings (SSSR count). The first-order valence-corrected chi connectivity index (χ1v) is 7.64. The van der Waals surface area contributed by atoms with Crippen molar-refractivity contribution in [2.45, 2.75) is 25.9 Å². The van der Waals surface area contributed by atoms with Gasteiger partial charge in [-0.2, -0.15) is 0 Å². The van der Waals surface area contributed by atoms with Crippen molar-refractivity contribution in [1.82, 2.24) is 0 Å². The molecule has 0 amide bonds. The van der Waals surface area contributed by atoms with E-state index >= 15 is 0 Å². The van der Waals surface area contributed by atoms with Crippen LogP contribution < -0.4 is 4.74 Å². The monoisotopic (exact) mass is 348 g/mol. The highest BCUT2D eigenvalue weighted by Gasteiger charge is 2.22. The molecule has 0 radical (unpaired) electrons. The van der Waals surface area contributed by atoms with Gasteiger partial charge in [0.25, 0.3) is 0 Å². The number of carbonyl (C=O) groups is 1. The number of halogens is 1. The second-order valence-electron chi connectivity index (χ2n) is 4.76. The fourth-order valence-electron chi connectivity index (χ4n) is 2.10. The minimum absolute atomic E-state index is 0.533. The van der Waals surface area contributed by atoms with Crippen molar-refractivity contribution < 1.29 is 14.6 Å². The molecule has 4 heteroatoms. The summed E-state index contributed by atoms with van der Waals surface area (Å²) < 4.78 is 6.45. The maximum atomic E-state index is 11.4. The van der Waals surface area contributed by atoms with E-state index in [-0.39, 0.29) is 0 Å². The third-order valence-electron chi connectivity index (χ3n) is 3.11. The lowest BCUT2D eigenvalue weighted by atomic mass is 10.1. The molecular formula is C17H17BrO3. The van der Waals surface area contributed by atoms with Crippen molar-refractivity contribution in [3.05, 3.63) is 64.1 Å². The zero-order valence-corrected chi connectivity index (χ0v) is 13.3. The quantitative estimate of drug-likeness (QED) is 0.829. The highest BCUT2D eigenvalue weighted by Crippen LogP contribution is 2.31. The summed E-state index contributed by atoms with van der Waals surface area (Å²) in [5, 5.41) is 9.38. The Labute approximate surface area is 132 Å². The first-order chi connectivity index (χ1) is 10.1. The number of carboxylic acid groups (broad SMARTS) is 1. The number of rotatable bonds is 6. The van der Waals surface area contributed by atoms with E-state index in [1.165, 1.54) is 5.56 Å². The highest BCUT2D eigenvalue weighted by molar-refractivity contribution is 9.10. The van der Waals surface area contributed by atoms with Gasteiger partial charge in [-0.05, 0) is 40.0 Å². The van der Waals surface area contributed by atoms with Crippen molar-refractivity contribution >= 4 is 21.9 Å². The molecule has 21 heavy (non-hydrogen) atoms. The molecule has 0 saturated carbocycles. The van der Waals surface area contributed by atoms with Crippen LogP contribution in [-0.4, -0.2) is 11.1 Å². The molecule has 0 saturated heterocycles. The summed E-state index contributed by atoms with van der Waals surface area (Å²) in [6.07, 6.45) is 1.04. The largest absolute Gasteiger partial charge is 0.478 e. The summed E-state index contributed by atoms with van der Waals surface area (Å²) in [5.74, 6) is -0.475. The smallest absolute Gasteiger partial charge is 0.349 e. The molecule has 0 aliphatic rings. The lowest BCUT2D eigenvalue weighted by Gasteiger charge is -2.17. The first kappa shape index (κ1) is 15.6. The lowest BCUT2D eigenvalue weighted by molar-refractivity contribution is -0.145. The molecule has 3 nitrogen and oxygen atoms in total. The van der Waals surface area contributed by atoms with E-state index in [0.717, 1.165) is 17.3 Å². The SMILES string of the molecule is CCCc1ccc(OC(C(=O)O)c2ccccc2)c(Br)c1. The number of carboxylic acids is 1. The van der Waals surface area contributed by atoms with E-state index in [9.17, 15) is 9.90 Å². The Morgan fingerprint density at radius 2 is 1.95 bits per heavy atom. The normalized spacial score (nSPS) is 11.9. The van der Waals surface area contributed by atoms with Crippen molar-refractivity contribution in [2.24, 2.45) is 0 Å². The molecule has 0 bridgehead atoms. The molecule has 0 aliphatic carbocycles. The lowest BCUT2D eigenvalue weighted by Crippen LogP contribution is -2.18. The standard InChI is InChI=1S/C17H17BrO3/c1-2-6-12-9-10-15(14(18)11-12)21-16(17(19)20)13-7-4-3-5-8-13/h3-5,7-11,16H,2,6H2,1H3,(H,19,20). The maximum absolute atomic E-state index is 11.4. The average Bonchev–Trinajstić information content (AvgIpc) is 2.47. The molecule has 110 valence electrons. The van der Waals surface area contributed by atoms with Gasteiger partial charge in [-0.1, -0.05) is 49.7 Å². The van der Waals surface area contributed by atoms with Crippen LogP contribution in [0, 0.1) is 0 Å². The Bertz CT molecular complexity index is 611. The molecule has 0 spiro atoms. The van der Waals surface area contributed by atoms with Crippen LogP contribution >= 0.6 is 15.9 Å². The zero-order chi connectivity index (χ0) is 15.2. The summed E-state index contributed by atoms with van der Waals surface area (Å²) in [7, 11) is 0. The third kappa shape index (κ3) is 4.08. The van der Waals surface area contributed by atoms with Gasteiger partial charge in [0.1, 0.15) is 5.75 Å². The Morgan fingerprint density at radius 3 is 2.52 bits per heavy atom. The van der Waals surface area contributed by atoms with E-state index in [1.807, 2.05) is 24.3 Å². The molecule has 2 aromatic carbocycles. The number of aliphatic carboxylic acids is 1. The fraction of sp³-hybridized carbons (Fsp3) is 0.235. The van der Waals surface area contributed by atoms with Gasteiger partial charge < -0.3 is 9.84 Å². The Kier molecular flexibility index (Phi) is 5.39. The van der Waals surface area contributed by atoms with E-state index in [1.54, 1.807) is 24.3 Å². The summed E-state index contributed by atoms with van der Waals surface area (Å²) >= 11 is 3.45. The van der Waals surface area contributed by atoms with Gasteiger partial charge in [0.2, 0.25) is 6.10 Å². The van der Waals surface area contributed by atoms with E-state index in [4.69, 9.17) is 4.74 Å². The van der Waals surface area contributed by atoms with Crippen molar-refractivity contribution in [3.63, 3.8) is 0 Å². The second kappa shape index (κ2) is 7.27. The maximum Gasteiger partial charge on any atom is 0.349 e. The van der Waals surface area contributed by atoms with Crippen molar-refractivity contribution in [3.8, 4) is 5.75 Å². The van der Waals surface area contributed by atoms with Crippen LogP contribution in [0.5, 0.6) is 5.75 Å². The van der Waals surface area contributed by atoms with Gasteiger partial charge in [-0.25, -0.2) is 4.79 Å². The first-order valence-electron chi connectivity index (χ1n) is 6.84. The van der Waals surface area contributed by atoms with Crippen LogP contribution in [0.25, 0.3) is 0 Å². The van der Waals surface area contributed by atoms with Crippen LogP contribution in [0.4, 0.5) is 0 Å². The number of hydrogen-bond donors (Lipinski definition) is 1. The van der Waals surface area contributed by atoms with Crippen LogP contribution in [0.1, 0.15) is 30.6 Å². The number of ether oxygens (including phenoxy) is 1. The number of hydrogen-bond acceptors (Lipinski definition) is 2. The summed E-state index contributed by atoms with van der Waals surface area (Å²) in [6, 6.07) is 14.7. The van der Waals surface area contributed by atoms with E-state index in [0.29, 0.717) is 11.3 Å². The van der Waals surface area contributed by atoms with Gasteiger partial charge in [0.15, 0.2) is 0 Å². The van der Waals surface area contributed by atoms with E-state index < -0.39 is 12.1 Å². The number of aryl methyl sites for hydroxylation is 1.